The second kappa shape index (κ2) is 6.87. The average molecular weight is 333 g/mol. The summed E-state index contributed by atoms with van der Waals surface area (Å²) in [6.07, 6.45) is 2.50. The molecule has 3 rings (SSSR count). The molecule has 0 unspecified atom stereocenters. The first-order valence-corrected chi connectivity index (χ1v) is 7.85. The van der Waals surface area contributed by atoms with Gasteiger partial charge in [-0.15, -0.1) is 0 Å². The number of likely N-dealkylation sites (tertiary alicyclic amines) is 1. The molecule has 23 heavy (non-hydrogen) atoms. The number of furan rings is 1. The van der Waals surface area contributed by atoms with Crippen LogP contribution in [0.25, 0.3) is 0 Å². The lowest BCUT2D eigenvalue weighted by Gasteiger charge is -2.24. The van der Waals surface area contributed by atoms with E-state index in [0.717, 1.165) is 5.56 Å². The normalized spacial score (nSPS) is 17.5. The predicted molar refractivity (Wildman–Crippen MR) is 85.6 cm³/mol. The van der Waals surface area contributed by atoms with E-state index in [-0.39, 0.29) is 11.8 Å². The summed E-state index contributed by atoms with van der Waals surface area (Å²) in [5.41, 5.74) is 0.952. The van der Waals surface area contributed by atoms with E-state index in [2.05, 4.69) is 5.32 Å². The number of nitrogens with one attached hydrogen (secondary N) is 1. The molecule has 1 aromatic carbocycles. The molecule has 0 aliphatic carbocycles. The lowest BCUT2D eigenvalue weighted by Crippen LogP contribution is -2.44. The van der Waals surface area contributed by atoms with Crippen molar-refractivity contribution in [3.8, 4) is 0 Å². The third-order valence-corrected chi connectivity index (χ3v) is 4.17. The smallest absolute Gasteiger partial charge is 0.243 e. The largest absolute Gasteiger partial charge is 0.467 e. The Morgan fingerprint density at radius 3 is 2.78 bits per heavy atom. The van der Waals surface area contributed by atoms with Crippen LogP contribution in [0, 0.1) is 0 Å². The summed E-state index contributed by atoms with van der Waals surface area (Å²) < 4.78 is 5.19. The lowest BCUT2D eigenvalue weighted by molar-refractivity contribution is -0.135. The second-order valence-corrected chi connectivity index (χ2v) is 5.94. The van der Waals surface area contributed by atoms with E-state index in [1.807, 2.05) is 12.1 Å². The fourth-order valence-corrected chi connectivity index (χ4v) is 2.82. The van der Waals surface area contributed by atoms with E-state index < -0.39 is 6.04 Å². The third kappa shape index (κ3) is 3.74. The average Bonchev–Trinajstić information content (AvgIpc) is 3.18. The van der Waals surface area contributed by atoms with E-state index in [1.165, 1.54) is 0 Å². The molecule has 0 bridgehead atoms. The molecular formula is C17H17ClN2O3. The van der Waals surface area contributed by atoms with Gasteiger partial charge in [0.25, 0.3) is 0 Å². The number of amides is 2. The molecule has 1 aliphatic rings. The van der Waals surface area contributed by atoms with Gasteiger partial charge in [0.2, 0.25) is 11.8 Å². The second-order valence-electron chi connectivity index (χ2n) is 5.50. The van der Waals surface area contributed by atoms with Gasteiger partial charge in [-0.05, 0) is 36.2 Å². The molecule has 2 heterocycles. The Kier molecular flexibility index (Phi) is 4.67. The van der Waals surface area contributed by atoms with Crippen LogP contribution in [0.4, 0.5) is 0 Å². The Bertz CT molecular complexity index is 682. The van der Waals surface area contributed by atoms with Crippen LogP contribution >= 0.6 is 11.6 Å². The Labute approximate surface area is 139 Å². The fraction of sp³-hybridized carbons (Fsp3) is 0.294. The number of rotatable bonds is 5. The highest BCUT2D eigenvalue weighted by Gasteiger charge is 2.35. The first-order chi connectivity index (χ1) is 11.1. The standard InChI is InChI=1S/C17H17ClN2O3/c18-13-5-3-12(4-6-13)11-20-15(7-8-16(20)21)17(22)19-10-14-2-1-9-23-14/h1-6,9,15H,7-8,10-11H2,(H,19,22)/t15-/m1/s1. The van der Waals surface area contributed by atoms with Gasteiger partial charge in [0.05, 0.1) is 12.8 Å². The third-order valence-electron chi connectivity index (χ3n) is 3.91. The topological polar surface area (TPSA) is 62.6 Å². The molecule has 0 saturated carbocycles. The Morgan fingerprint density at radius 1 is 1.30 bits per heavy atom. The molecule has 2 aromatic rings. The minimum atomic E-state index is -0.437. The van der Waals surface area contributed by atoms with Crippen molar-refractivity contribution < 1.29 is 14.0 Å². The van der Waals surface area contributed by atoms with Gasteiger partial charge >= 0.3 is 0 Å². The van der Waals surface area contributed by atoms with Crippen molar-refractivity contribution in [1.82, 2.24) is 10.2 Å². The van der Waals surface area contributed by atoms with Crippen LogP contribution in [-0.4, -0.2) is 22.8 Å². The van der Waals surface area contributed by atoms with Gasteiger partial charge in [-0.25, -0.2) is 0 Å². The highest BCUT2D eigenvalue weighted by molar-refractivity contribution is 6.30. The van der Waals surface area contributed by atoms with Crippen molar-refractivity contribution in [3.63, 3.8) is 0 Å². The first-order valence-electron chi connectivity index (χ1n) is 7.47. The van der Waals surface area contributed by atoms with E-state index in [4.69, 9.17) is 16.0 Å². The van der Waals surface area contributed by atoms with Gasteiger partial charge in [-0.2, -0.15) is 0 Å². The van der Waals surface area contributed by atoms with Crippen LogP contribution in [0.3, 0.4) is 0 Å². The molecule has 2 amide bonds. The van der Waals surface area contributed by atoms with Crippen molar-refractivity contribution in [2.24, 2.45) is 0 Å². The zero-order chi connectivity index (χ0) is 16.2. The number of hydrogen-bond donors (Lipinski definition) is 1. The van der Waals surface area contributed by atoms with Crippen LogP contribution in [0.15, 0.2) is 47.1 Å². The summed E-state index contributed by atoms with van der Waals surface area (Å²) in [5, 5.41) is 3.47. The number of halogens is 1. The molecule has 1 atom stereocenters. The summed E-state index contributed by atoms with van der Waals surface area (Å²) in [7, 11) is 0. The Balaban J connectivity index is 1.64. The van der Waals surface area contributed by atoms with Gasteiger partial charge in [0.1, 0.15) is 11.8 Å². The summed E-state index contributed by atoms with van der Waals surface area (Å²) in [4.78, 5) is 26.1. The van der Waals surface area contributed by atoms with Crippen LogP contribution in [0.5, 0.6) is 0 Å². The van der Waals surface area contributed by atoms with Crippen molar-refractivity contribution in [2.45, 2.75) is 32.0 Å². The highest BCUT2D eigenvalue weighted by atomic mass is 35.5. The minimum Gasteiger partial charge on any atom is -0.467 e. The number of nitrogens with zero attached hydrogens (tertiary/aromatic N) is 1. The highest BCUT2D eigenvalue weighted by Crippen LogP contribution is 2.22. The summed E-state index contributed by atoms with van der Waals surface area (Å²) in [6, 6.07) is 10.4. The van der Waals surface area contributed by atoms with Gasteiger partial charge in [-0.3, -0.25) is 9.59 Å². The van der Waals surface area contributed by atoms with Crippen molar-refractivity contribution >= 4 is 23.4 Å². The monoisotopic (exact) mass is 332 g/mol. The van der Waals surface area contributed by atoms with Gasteiger partial charge in [0, 0.05) is 18.0 Å². The van der Waals surface area contributed by atoms with Crippen molar-refractivity contribution in [2.75, 3.05) is 0 Å². The van der Waals surface area contributed by atoms with Crippen molar-refractivity contribution in [1.29, 1.82) is 0 Å². The van der Waals surface area contributed by atoms with E-state index >= 15 is 0 Å². The molecule has 0 radical (unpaired) electrons. The number of carbonyl (C=O) groups excluding carboxylic acids is 2. The quantitative estimate of drug-likeness (QED) is 0.915. The molecule has 120 valence electrons. The van der Waals surface area contributed by atoms with E-state index in [0.29, 0.717) is 36.7 Å². The lowest BCUT2D eigenvalue weighted by atomic mass is 10.1. The molecule has 1 fully saturated rings. The first kappa shape index (κ1) is 15.6. The van der Waals surface area contributed by atoms with Gasteiger partial charge in [-0.1, -0.05) is 23.7 Å². The van der Waals surface area contributed by atoms with Crippen LogP contribution in [-0.2, 0) is 22.7 Å². The molecule has 5 nitrogen and oxygen atoms in total. The molecule has 0 spiro atoms. The number of benzene rings is 1. The summed E-state index contributed by atoms with van der Waals surface area (Å²) in [6.45, 7) is 0.736. The van der Waals surface area contributed by atoms with E-state index in [9.17, 15) is 9.59 Å². The predicted octanol–water partition coefficient (Wildman–Crippen LogP) is 2.74. The zero-order valence-corrected chi connectivity index (χ0v) is 13.3. The maximum Gasteiger partial charge on any atom is 0.243 e. The van der Waals surface area contributed by atoms with Crippen LogP contribution in [0.1, 0.15) is 24.2 Å². The molecular weight excluding hydrogens is 316 g/mol. The van der Waals surface area contributed by atoms with Gasteiger partial charge < -0.3 is 14.6 Å². The minimum absolute atomic E-state index is 0.00176. The summed E-state index contributed by atoms with van der Waals surface area (Å²) >= 11 is 5.87. The SMILES string of the molecule is O=C(NCc1ccco1)[C@H]1CCC(=O)N1Cc1ccc(Cl)cc1. The van der Waals surface area contributed by atoms with E-state index in [1.54, 1.807) is 35.4 Å². The summed E-state index contributed by atoms with van der Waals surface area (Å²) in [5.74, 6) is 0.534. The number of hydrogen-bond acceptors (Lipinski definition) is 3. The van der Waals surface area contributed by atoms with Gasteiger partial charge in [0.15, 0.2) is 0 Å². The molecule has 6 heteroatoms. The zero-order valence-electron chi connectivity index (χ0n) is 12.5. The molecule has 1 aliphatic heterocycles. The Morgan fingerprint density at radius 2 is 2.09 bits per heavy atom. The molecule has 1 saturated heterocycles. The maximum absolute atomic E-state index is 12.4. The molecule has 1 aromatic heterocycles. The maximum atomic E-state index is 12.4. The van der Waals surface area contributed by atoms with Crippen molar-refractivity contribution in [3.05, 3.63) is 59.0 Å². The molecule has 1 N–H and O–H groups in total. The van der Waals surface area contributed by atoms with Crippen LogP contribution in [0.2, 0.25) is 5.02 Å². The van der Waals surface area contributed by atoms with Crippen LogP contribution < -0.4 is 5.32 Å². The fourth-order valence-electron chi connectivity index (χ4n) is 2.70. The number of carbonyl (C=O) groups is 2. The Hall–Kier alpha value is -2.27.